The van der Waals surface area contributed by atoms with Crippen LogP contribution in [-0.4, -0.2) is 50.7 Å². The molecular weight excluding hydrogens is 482 g/mol. The number of nitrogens with one attached hydrogen (secondary N) is 1. The van der Waals surface area contributed by atoms with E-state index in [9.17, 15) is 18.0 Å². The quantitative estimate of drug-likeness (QED) is 0.460. The molecule has 0 spiro atoms. The van der Waals surface area contributed by atoms with E-state index in [0.29, 0.717) is 41.7 Å². The van der Waals surface area contributed by atoms with Crippen molar-refractivity contribution in [2.45, 2.75) is 42.2 Å². The fourth-order valence-electron chi connectivity index (χ4n) is 3.95. The summed E-state index contributed by atoms with van der Waals surface area (Å²) in [4.78, 5) is 29.7. The normalized spacial score (nSPS) is 16.9. The minimum absolute atomic E-state index is 0.0365. The molecule has 0 radical (unpaired) electrons. The highest BCUT2D eigenvalue weighted by Crippen LogP contribution is 2.50. The van der Waals surface area contributed by atoms with E-state index < -0.39 is 26.1 Å². The van der Waals surface area contributed by atoms with E-state index in [0.717, 1.165) is 5.56 Å². The van der Waals surface area contributed by atoms with E-state index >= 15 is 0 Å². The maximum Gasteiger partial charge on any atom is 0.263 e. The van der Waals surface area contributed by atoms with E-state index in [1.54, 1.807) is 12.1 Å². The lowest BCUT2D eigenvalue weighted by molar-refractivity contribution is 0.0949. The standard InChI is InChI=1S/C22H22ClN5O5S/c1-28-18-14(8-16(21(28)30)19(29)25-10-13-2-5-17(23)24-9-13)11-26-27-20(18)33-12-22(6-7-22)34(31,32)15-3-4-15/h2,5,8-9,11,15H,3-4,6-7,10,12H2,1H3,(H,25,29). The van der Waals surface area contributed by atoms with Crippen LogP contribution in [0, 0.1) is 0 Å². The van der Waals surface area contributed by atoms with Gasteiger partial charge in [-0.05, 0) is 43.4 Å². The molecule has 2 fully saturated rings. The number of ether oxygens (including phenoxy) is 1. The number of carbonyl (C=O) groups excluding carboxylic acids is 1. The first-order chi connectivity index (χ1) is 16.2. The Hall–Kier alpha value is -3.05. The van der Waals surface area contributed by atoms with Crippen molar-refractivity contribution in [2.75, 3.05) is 6.61 Å². The summed E-state index contributed by atoms with van der Waals surface area (Å²) in [5, 5.41) is 11.2. The fraction of sp³-hybridized carbons (Fsp3) is 0.409. The number of carbonyl (C=O) groups is 1. The summed E-state index contributed by atoms with van der Waals surface area (Å²) in [6.45, 7) is 0.135. The second kappa shape index (κ2) is 8.31. The van der Waals surface area contributed by atoms with Gasteiger partial charge in [0.05, 0.1) is 11.4 Å². The molecule has 0 bridgehead atoms. The third-order valence-electron chi connectivity index (χ3n) is 6.32. The molecule has 0 atom stereocenters. The van der Waals surface area contributed by atoms with Crippen molar-refractivity contribution in [2.24, 2.45) is 7.05 Å². The lowest BCUT2D eigenvalue weighted by Gasteiger charge is -2.17. The zero-order valence-corrected chi connectivity index (χ0v) is 19.9. The van der Waals surface area contributed by atoms with E-state index in [1.165, 1.54) is 30.1 Å². The Morgan fingerprint density at radius 3 is 2.71 bits per heavy atom. The highest BCUT2D eigenvalue weighted by atomic mass is 35.5. The molecule has 1 amide bonds. The largest absolute Gasteiger partial charge is 0.473 e. The van der Waals surface area contributed by atoms with Crippen molar-refractivity contribution in [3.05, 3.63) is 57.2 Å². The Kier molecular flexibility index (Phi) is 5.56. The van der Waals surface area contributed by atoms with Crippen LogP contribution in [0.5, 0.6) is 5.88 Å². The second-order valence-electron chi connectivity index (χ2n) is 8.76. The smallest absolute Gasteiger partial charge is 0.263 e. The summed E-state index contributed by atoms with van der Waals surface area (Å²) in [6, 6.07) is 4.77. The molecule has 0 aliphatic heterocycles. The fourth-order valence-corrected chi connectivity index (χ4v) is 6.42. The SMILES string of the molecule is Cn1c(=O)c(C(=O)NCc2ccc(Cl)nc2)cc2cnnc(OCC3(S(=O)(=O)C4CC4)CC3)c21. The number of amides is 1. The lowest BCUT2D eigenvalue weighted by atomic mass is 10.2. The number of fused-ring (bicyclic) bond motifs is 1. The van der Waals surface area contributed by atoms with Gasteiger partial charge in [-0.2, -0.15) is 5.10 Å². The van der Waals surface area contributed by atoms with Crippen LogP contribution in [0.2, 0.25) is 5.15 Å². The van der Waals surface area contributed by atoms with Gasteiger partial charge in [0.25, 0.3) is 17.3 Å². The van der Waals surface area contributed by atoms with Crippen LogP contribution < -0.4 is 15.6 Å². The van der Waals surface area contributed by atoms with Crippen molar-refractivity contribution in [3.8, 4) is 5.88 Å². The van der Waals surface area contributed by atoms with Gasteiger partial charge >= 0.3 is 0 Å². The van der Waals surface area contributed by atoms with Gasteiger partial charge < -0.3 is 14.6 Å². The van der Waals surface area contributed by atoms with E-state index in [4.69, 9.17) is 16.3 Å². The monoisotopic (exact) mass is 503 g/mol. The number of hydrogen-bond acceptors (Lipinski definition) is 8. The predicted molar refractivity (Wildman–Crippen MR) is 125 cm³/mol. The molecule has 2 saturated carbocycles. The number of halogens is 1. The topological polar surface area (TPSA) is 133 Å². The van der Waals surface area contributed by atoms with Gasteiger partial charge in [0.2, 0.25) is 0 Å². The van der Waals surface area contributed by atoms with Crippen molar-refractivity contribution in [1.82, 2.24) is 25.1 Å². The summed E-state index contributed by atoms with van der Waals surface area (Å²) < 4.78 is 31.7. The lowest BCUT2D eigenvalue weighted by Crippen LogP contribution is -2.34. The number of pyridine rings is 2. The van der Waals surface area contributed by atoms with Gasteiger partial charge in [0, 0.05) is 25.2 Å². The summed E-state index contributed by atoms with van der Waals surface area (Å²) >= 11 is 5.77. The van der Waals surface area contributed by atoms with E-state index in [2.05, 4.69) is 20.5 Å². The van der Waals surface area contributed by atoms with Crippen LogP contribution in [-0.2, 0) is 23.4 Å². The molecule has 2 aliphatic carbocycles. The second-order valence-corrected chi connectivity index (χ2v) is 11.8. The van der Waals surface area contributed by atoms with Gasteiger partial charge in [0.15, 0.2) is 9.84 Å². The Morgan fingerprint density at radius 1 is 1.29 bits per heavy atom. The van der Waals surface area contributed by atoms with Crippen LogP contribution in [0.25, 0.3) is 10.9 Å². The highest BCUT2D eigenvalue weighted by molar-refractivity contribution is 7.94. The van der Waals surface area contributed by atoms with Gasteiger partial charge in [-0.1, -0.05) is 17.7 Å². The van der Waals surface area contributed by atoms with Crippen LogP contribution >= 0.6 is 11.6 Å². The molecule has 12 heteroatoms. The Morgan fingerprint density at radius 2 is 2.06 bits per heavy atom. The Balaban J connectivity index is 1.38. The number of hydrogen-bond donors (Lipinski definition) is 1. The van der Waals surface area contributed by atoms with Crippen LogP contribution in [0.15, 0.2) is 35.4 Å². The number of nitrogens with zero attached hydrogens (tertiary/aromatic N) is 4. The summed E-state index contributed by atoms with van der Waals surface area (Å²) in [5.41, 5.74) is 0.472. The molecule has 3 heterocycles. The van der Waals surface area contributed by atoms with Gasteiger partial charge in [-0.25, -0.2) is 13.4 Å². The maximum atomic E-state index is 13.0. The number of aromatic nitrogens is 4. The van der Waals surface area contributed by atoms with Crippen LogP contribution in [0.4, 0.5) is 0 Å². The molecule has 0 saturated heterocycles. The van der Waals surface area contributed by atoms with E-state index in [1.807, 2.05) is 0 Å². The molecule has 2 aliphatic rings. The molecule has 5 rings (SSSR count). The van der Waals surface area contributed by atoms with Gasteiger partial charge in [-0.15, -0.1) is 5.10 Å². The minimum Gasteiger partial charge on any atom is -0.473 e. The molecule has 0 unspecified atom stereocenters. The first-order valence-corrected chi connectivity index (χ1v) is 12.7. The average molecular weight is 504 g/mol. The minimum atomic E-state index is -3.25. The average Bonchev–Trinajstić information content (AvgIpc) is 3.73. The first-order valence-electron chi connectivity index (χ1n) is 10.8. The molecule has 178 valence electrons. The van der Waals surface area contributed by atoms with Gasteiger partial charge in [-0.3, -0.25) is 9.59 Å². The van der Waals surface area contributed by atoms with Crippen molar-refractivity contribution >= 4 is 38.2 Å². The summed E-state index contributed by atoms with van der Waals surface area (Å²) in [6.07, 6.45) is 5.47. The van der Waals surface area contributed by atoms with Crippen molar-refractivity contribution < 1.29 is 17.9 Å². The number of sulfone groups is 1. The zero-order valence-electron chi connectivity index (χ0n) is 18.3. The molecule has 3 aromatic heterocycles. The predicted octanol–water partition coefficient (Wildman–Crippen LogP) is 1.80. The summed E-state index contributed by atoms with van der Waals surface area (Å²) in [5.74, 6) is -0.488. The highest BCUT2D eigenvalue weighted by Gasteiger charge is 2.60. The van der Waals surface area contributed by atoms with Crippen LogP contribution in [0.3, 0.4) is 0 Å². The molecule has 0 aromatic carbocycles. The zero-order chi connectivity index (χ0) is 24.1. The third-order valence-corrected chi connectivity index (χ3v) is 9.63. The third kappa shape index (κ3) is 4.03. The molecule has 3 aromatic rings. The maximum absolute atomic E-state index is 13.0. The van der Waals surface area contributed by atoms with Crippen LogP contribution in [0.1, 0.15) is 41.6 Å². The van der Waals surface area contributed by atoms with Gasteiger partial charge in [0.1, 0.15) is 27.6 Å². The van der Waals surface area contributed by atoms with E-state index in [-0.39, 0.29) is 29.8 Å². The van der Waals surface area contributed by atoms with Crippen molar-refractivity contribution in [3.63, 3.8) is 0 Å². The van der Waals surface area contributed by atoms with Crippen molar-refractivity contribution in [1.29, 1.82) is 0 Å². The first kappa shape index (κ1) is 22.7. The Bertz CT molecular complexity index is 1450. The summed E-state index contributed by atoms with van der Waals surface area (Å²) in [7, 11) is -1.75. The number of rotatable bonds is 8. The Labute approximate surface area is 200 Å². The number of aryl methyl sites for hydroxylation is 1. The molecule has 34 heavy (non-hydrogen) atoms. The molecule has 10 nitrogen and oxygen atoms in total. The molecular formula is C22H22ClN5O5S. The molecule has 1 N–H and O–H groups in total.